The molecule has 1 aromatic heterocycles. The van der Waals surface area contributed by atoms with Gasteiger partial charge in [-0.3, -0.25) is 4.79 Å². The van der Waals surface area contributed by atoms with Crippen molar-refractivity contribution in [2.24, 2.45) is 5.92 Å². The van der Waals surface area contributed by atoms with Gasteiger partial charge >= 0.3 is 171 Å². The molecule has 0 fully saturated rings. The molecule has 0 atom stereocenters. The summed E-state index contributed by atoms with van der Waals surface area (Å²) < 4.78 is 13.2. The summed E-state index contributed by atoms with van der Waals surface area (Å²) in [5.41, 5.74) is 4.65. The van der Waals surface area contributed by atoms with E-state index >= 15 is 0 Å². The molecule has 4 rings (SSSR count). The van der Waals surface area contributed by atoms with Crippen LogP contribution in [0.3, 0.4) is 0 Å². The molecule has 0 bridgehead atoms. The number of nitrogens with zero attached hydrogens (tertiary/aromatic N) is 1. The molecule has 4 aromatic rings. The predicted molar refractivity (Wildman–Crippen MR) is 171 cm³/mol. The minimum atomic E-state index is -2.07. The third kappa shape index (κ3) is 8.83. The zero-order chi connectivity index (χ0) is 29.7. The number of aliphatic hydroxyl groups is 1. The Morgan fingerprint density at radius 2 is 1.59 bits per heavy atom. The maximum atomic E-state index is 11.7. The summed E-state index contributed by atoms with van der Waals surface area (Å²) in [7, 11) is 0. The summed E-state index contributed by atoms with van der Waals surface area (Å²) in [5, 5.41) is 13.1. The molecule has 0 aliphatic carbocycles. The number of carbonyl (C=O) groups is 1. The third-order valence-corrected chi connectivity index (χ3v) is 11.5. The van der Waals surface area contributed by atoms with E-state index in [9.17, 15) is 14.3 Å². The number of allylic oxidation sites excluding steroid dienone is 2. The second-order valence-corrected chi connectivity index (χ2v) is 23.0. The van der Waals surface area contributed by atoms with Gasteiger partial charge in [0.2, 0.25) is 0 Å². The molecule has 3 aromatic carbocycles. The van der Waals surface area contributed by atoms with Crippen LogP contribution >= 0.6 is 0 Å². The van der Waals surface area contributed by atoms with E-state index in [0.29, 0.717) is 0 Å². The molecule has 0 saturated heterocycles. The van der Waals surface area contributed by atoms with Crippen molar-refractivity contribution >= 4 is 45.1 Å². The molecule has 0 unspecified atom stereocenters. The van der Waals surface area contributed by atoms with Gasteiger partial charge in [0.25, 0.3) is 0 Å². The molecule has 3 nitrogen and oxygen atoms in total. The van der Waals surface area contributed by atoms with Crippen molar-refractivity contribution in [2.75, 3.05) is 6.67 Å². The van der Waals surface area contributed by atoms with Gasteiger partial charge in [-0.2, -0.15) is 0 Å². The molecule has 1 N–H and O–H groups in total. The number of hydrogen-bond donors (Lipinski definition) is 1. The van der Waals surface area contributed by atoms with Gasteiger partial charge in [-0.25, -0.2) is 4.39 Å². The SMILES string of the molecule is CC(C)(C)c1cc(-c2c[c]([Ge]([CH3])([CH3])[CH3])c3ccccc3n2)[c-]c2ccccc12.CCC(CC)/C(O)=C/C(=O)CF.[Ir]. The largest absolute Gasteiger partial charge is 0.512 e. The second-order valence-electron chi connectivity index (χ2n) is 12.4. The number of hydrogen-bond acceptors (Lipinski definition) is 3. The van der Waals surface area contributed by atoms with Crippen LogP contribution in [0.25, 0.3) is 32.9 Å². The molecular weight excluding hydrogens is 750 g/mol. The first kappa shape index (κ1) is 34.9. The first-order valence-corrected chi connectivity index (χ1v) is 21.5. The van der Waals surface area contributed by atoms with E-state index in [1.54, 1.807) is 0 Å². The monoisotopic (exact) mass is 795 g/mol. The number of pyridine rings is 1. The van der Waals surface area contributed by atoms with Gasteiger partial charge in [0.1, 0.15) is 0 Å². The minimum Gasteiger partial charge on any atom is -0.512 e. The summed E-state index contributed by atoms with van der Waals surface area (Å²) in [6.07, 6.45) is 2.51. The van der Waals surface area contributed by atoms with E-state index in [1.165, 1.54) is 26.1 Å². The number of para-hydroxylation sites is 1. The number of aromatic nitrogens is 1. The van der Waals surface area contributed by atoms with E-state index in [1.807, 2.05) is 13.8 Å². The van der Waals surface area contributed by atoms with E-state index in [-0.39, 0.29) is 37.2 Å². The molecule has 6 heteroatoms. The molecule has 0 aliphatic rings. The molecule has 0 saturated carbocycles. The quantitative estimate of drug-likeness (QED) is 0.0880. The standard InChI is InChI=1S/C26H28GeN.C9H15FO2.Ir/c1-26(2,3)22-16-19(15-18-11-7-8-12-20(18)22)25-17-23(27(4,5)6)21-13-9-10-14-24(21)28-25;1-3-7(4-2)9(12)5-8(11)6-10;/h7-14,16-17H,1-6H3;5,7,12H,3-4,6H2,1-2H3;/q-1;;/b;9-5-;. The normalized spacial score (nSPS) is 12.2. The number of halogens is 1. The summed E-state index contributed by atoms with van der Waals surface area (Å²) in [4.78, 5) is 15.6. The number of ketones is 1. The smallest absolute Gasteiger partial charge is 0.189 e. The molecular formula is C35H43FGeIrNO2-. The average molecular weight is 794 g/mol. The zero-order valence-electron chi connectivity index (χ0n) is 25.6. The summed E-state index contributed by atoms with van der Waals surface area (Å²) in [6.45, 7) is 9.63. The molecule has 1 heterocycles. The molecule has 0 amide bonds. The van der Waals surface area contributed by atoms with Gasteiger partial charge in [0.05, 0.1) is 5.76 Å². The summed E-state index contributed by atoms with van der Waals surface area (Å²) in [6, 6.07) is 25.5. The Balaban J connectivity index is 0.000000387. The first-order chi connectivity index (χ1) is 18.8. The topological polar surface area (TPSA) is 50.2 Å². The molecule has 0 spiro atoms. The predicted octanol–water partition coefficient (Wildman–Crippen LogP) is 9.10. The maximum absolute atomic E-state index is 11.7. The number of rotatable bonds is 7. The van der Waals surface area contributed by atoms with Crippen LogP contribution in [0, 0.1) is 12.0 Å². The average Bonchev–Trinajstić information content (AvgIpc) is 2.91. The number of alkyl halides is 1. The van der Waals surface area contributed by atoms with E-state index in [2.05, 4.69) is 105 Å². The van der Waals surface area contributed by atoms with Crippen molar-refractivity contribution in [3.63, 3.8) is 0 Å². The second kappa shape index (κ2) is 14.7. The van der Waals surface area contributed by atoms with Crippen molar-refractivity contribution in [3.8, 4) is 11.3 Å². The summed E-state index contributed by atoms with van der Waals surface area (Å²) >= 11 is -2.07. The zero-order valence-corrected chi connectivity index (χ0v) is 30.1. The fourth-order valence-corrected chi connectivity index (χ4v) is 8.29. The van der Waals surface area contributed by atoms with Gasteiger partial charge in [-0.1, -0.05) is 13.8 Å². The summed E-state index contributed by atoms with van der Waals surface area (Å²) in [5.74, 6) is 6.69. The first-order valence-electron chi connectivity index (χ1n) is 14.2. The third-order valence-electron chi connectivity index (χ3n) is 7.23. The van der Waals surface area contributed by atoms with Crippen LogP contribution in [0.5, 0.6) is 0 Å². The Kier molecular flexibility index (Phi) is 12.5. The fourth-order valence-electron chi connectivity index (χ4n) is 4.95. The van der Waals surface area contributed by atoms with Crippen molar-refractivity contribution in [2.45, 2.75) is 70.1 Å². The van der Waals surface area contributed by atoms with Crippen LogP contribution in [-0.4, -0.2) is 35.8 Å². The van der Waals surface area contributed by atoms with Gasteiger partial charge < -0.3 is 5.11 Å². The molecule has 0 aliphatic heterocycles. The van der Waals surface area contributed by atoms with Crippen LogP contribution in [0.4, 0.5) is 4.39 Å². The van der Waals surface area contributed by atoms with Crippen molar-refractivity contribution in [1.29, 1.82) is 0 Å². The Morgan fingerprint density at radius 3 is 2.15 bits per heavy atom. The van der Waals surface area contributed by atoms with Gasteiger partial charge in [-0.05, 0) is 12.8 Å². The Morgan fingerprint density at radius 1 is 1.00 bits per heavy atom. The molecule has 41 heavy (non-hydrogen) atoms. The Hall–Kier alpha value is -2.34. The van der Waals surface area contributed by atoms with Gasteiger partial charge in [0, 0.05) is 32.1 Å². The van der Waals surface area contributed by atoms with Crippen LogP contribution in [-0.2, 0) is 30.3 Å². The van der Waals surface area contributed by atoms with Gasteiger partial charge in [0.15, 0.2) is 12.5 Å². The van der Waals surface area contributed by atoms with Gasteiger partial charge in [-0.15, -0.1) is 0 Å². The number of aliphatic hydroxyl groups excluding tert-OH is 1. The number of carbonyl (C=O) groups excluding carboxylic acids is 1. The van der Waals surface area contributed by atoms with Crippen molar-refractivity contribution in [3.05, 3.63) is 84.1 Å². The minimum absolute atomic E-state index is 0. The van der Waals surface area contributed by atoms with Crippen LogP contribution in [0.15, 0.2) is 72.5 Å². The van der Waals surface area contributed by atoms with Crippen LogP contribution in [0.1, 0.15) is 53.0 Å². The van der Waals surface area contributed by atoms with Crippen molar-refractivity contribution < 1.29 is 34.4 Å². The Bertz CT molecular complexity index is 1420. The fraction of sp³-hybridized carbons (Fsp3) is 0.371. The maximum Gasteiger partial charge on any atom is 0.189 e. The Labute approximate surface area is 261 Å². The molecule has 221 valence electrons. The number of benzene rings is 3. The van der Waals surface area contributed by atoms with E-state index in [0.717, 1.165) is 35.7 Å². The van der Waals surface area contributed by atoms with Crippen LogP contribution < -0.4 is 4.40 Å². The van der Waals surface area contributed by atoms with Crippen molar-refractivity contribution in [1.82, 2.24) is 4.98 Å². The van der Waals surface area contributed by atoms with E-state index < -0.39 is 25.7 Å². The molecule has 1 radical (unpaired) electrons. The van der Waals surface area contributed by atoms with E-state index in [4.69, 9.17) is 4.98 Å². The number of fused-ring (bicyclic) bond motifs is 2. The van der Waals surface area contributed by atoms with Crippen LogP contribution in [0.2, 0.25) is 17.3 Å².